The number of phenolic OH excluding ortho intramolecular Hbond substituents is 1. The second-order valence-electron chi connectivity index (χ2n) is 6.70. The lowest BCUT2D eigenvalue weighted by molar-refractivity contribution is 0.380. The maximum atomic E-state index is 13.2. The molecule has 1 aromatic heterocycles. The quantitative estimate of drug-likeness (QED) is 0.532. The van der Waals surface area contributed by atoms with Crippen LogP contribution in [-0.4, -0.2) is 24.1 Å². The highest BCUT2D eigenvalue weighted by Crippen LogP contribution is 2.34. The van der Waals surface area contributed by atoms with Gasteiger partial charge in [0.25, 0.3) is 0 Å². The van der Waals surface area contributed by atoms with Crippen LogP contribution in [0.4, 0.5) is 0 Å². The lowest BCUT2D eigenvalue weighted by Gasteiger charge is -2.17. The average Bonchev–Trinajstić information content (AvgIpc) is 2.62. The van der Waals surface area contributed by atoms with Gasteiger partial charge in [0.05, 0.1) is 10.9 Å². The zero-order valence-corrected chi connectivity index (χ0v) is 18.0. The largest absolute Gasteiger partial charge is 0.507 e. The molecule has 0 bridgehead atoms. The number of hydrogen-bond donors (Lipinski definition) is 1. The molecule has 0 aliphatic carbocycles. The molecule has 0 radical (unpaired) electrons. The van der Waals surface area contributed by atoms with Crippen molar-refractivity contribution in [1.82, 2.24) is 4.90 Å². The molecule has 0 spiro atoms. The second-order valence-corrected chi connectivity index (χ2v) is 7.95. The SMILES string of the molecule is CCc1cc2c(=O)c(Oc3ccc(I)cc3)c(C)oc2c(CN(C)C)c1O. The van der Waals surface area contributed by atoms with Crippen molar-refractivity contribution in [2.24, 2.45) is 0 Å². The van der Waals surface area contributed by atoms with Gasteiger partial charge in [-0.2, -0.15) is 0 Å². The highest BCUT2D eigenvalue weighted by Gasteiger charge is 2.21. The summed E-state index contributed by atoms with van der Waals surface area (Å²) in [4.78, 5) is 15.1. The van der Waals surface area contributed by atoms with E-state index in [0.29, 0.717) is 41.0 Å². The minimum Gasteiger partial charge on any atom is -0.507 e. The summed E-state index contributed by atoms with van der Waals surface area (Å²) in [5.41, 5.74) is 1.52. The molecule has 1 N–H and O–H groups in total. The van der Waals surface area contributed by atoms with Gasteiger partial charge in [0.15, 0.2) is 0 Å². The fourth-order valence-electron chi connectivity index (χ4n) is 3.01. The number of phenols is 1. The van der Waals surface area contributed by atoms with Gasteiger partial charge in [-0.15, -0.1) is 0 Å². The molecule has 1 heterocycles. The maximum absolute atomic E-state index is 13.2. The Balaban J connectivity index is 2.22. The third-order valence-electron chi connectivity index (χ3n) is 4.34. The Kier molecular flexibility index (Phi) is 5.76. The molecule has 0 saturated carbocycles. The summed E-state index contributed by atoms with van der Waals surface area (Å²) in [7, 11) is 3.81. The summed E-state index contributed by atoms with van der Waals surface area (Å²) in [6.07, 6.45) is 0.614. The number of hydrogen-bond acceptors (Lipinski definition) is 5. The number of nitrogens with zero attached hydrogens (tertiary/aromatic N) is 1. The summed E-state index contributed by atoms with van der Waals surface area (Å²) < 4.78 is 12.9. The third kappa shape index (κ3) is 3.96. The zero-order chi connectivity index (χ0) is 19.7. The summed E-state index contributed by atoms with van der Waals surface area (Å²) in [6, 6.07) is 9.16. The van der Waals surface area contributed by atoms with E-state index in [0.717, 1.165) is 9.13 Å². The molecule has 0 fully saturated rings. The highest BCUT2D eigenvalue weighted by atomic mass is 127. The van der Waals surface area contributed by atoms with E-state index in [1.54, 1.807) is 13.0 Å². The molecule has 0 unspecified atom stereocenters. The van der Waals surface area contributed by atoms with Crippen LogP contribution in [-0.2, 0) is 13.0 Å². The Labute approximate surface area is 171 Å². The average molecular weight is 479 g/mol. The first-order valence-corrected chi connectivity index (χ1v) is 9.79. The van der Waals surface area contributed by atoms with E-state index in [2.05, 4.69) is 22.6 Å². The van der Waals surface area contributed by atoms with Gasteiger partial charge in [0.2, 0.25) is 11.2 Å². The van der Waals surface area contributed by atoms with E-state index in [9.17, 15) is 9.90 Å². The predicted octanol–water partition coefficient (Wildman–Crippen LogP) is 4.83. The first-order valence-electron chi connectivity index (χ1n) is 8.71. The van der Waals surface area contributed by atoms with Crippen molar-refractivity contribution < 1.29 is 14.3 Å². The summed E-state index contributed by atoms with van der Waals surface area (Å²) in [6.45, 7) is 4.11. The summed E-state index contributed by atoms with van der Waals surface area (Å²) in [5, 5.41) is 11.1. The second kappa shape index (κ2) is 7.90. The van der Waals surface area contributed by atoms with Crippen LogP contribution in [0.1, 0.15) is 23.8 Å². The molecule has 3 aromatic rings. The Morgan fingerprint density at radius 3 is 2.48 bits per heavy atom. The molecule has 0 saturated heterocycles. The minimum absolute atomic E-state index is 0.173. The molecule has 3 rings (SSSR count). The van der Waals surface area contributed by atoms with Gasteiger partial charge in [0.1, 0.15) is 22.8 Å². The van der Waals surface area contributed by atoms with Gasteiger partial charge in [-0.25, -0.2) is 0 Å². The van der Waals surface area contributed by atoms with Gasteiger partial charge < -0.3 is 19.2 Å². The fraction of sp³-hybridized carbons (Fsp3) is 0.286. The molecular weight excluding hydrogens is 457 g/mol. The van der Waals surface area contributed by atoms with Crippen molar-refractivity contribution in [3.05, 3.63) is 61.0 Å². The molecule has 27 heavy (non-hydrogen) atoms. The number of aromatic hydroxyl groups is 1. The Morgan fingerprint density at radius 2 is 1.89 bits per heavy atom. The van der Waals surface area contributed by atoms with Crippen molar-refractivity contribution in [3.63, 3.8) is 0 Å². The number of benzene rings is 2. The number of ether oxygens (including phenoxy) is 1. The van der Waals surface area contributed by atoms with Crippen molar-refractivity contribution in [1.29, 1.82) is 0 Å². The fourth-order valence-corrected chi connectivity index (χ4v) is 3.37. The van der Waals surface area contributed by atoms with Crippen LogP contribution in [0.5, 0.6) is 17.2 Å². The van der Waals surface area contributed by atoms with Gasteiger partial charge in [-0.1, -0.05) is 6.92 Å². The Bertz CT molecular complexity index is 1040. The Morgan fingerprint density at radius 1 is 1.22 bits per heavy atom. The molecule has 6 heteroatoms. The first kappa shape index (κ1) is 19.7. The van der Waals surface area contributed by atoms with E-state index in [4.69, 9.17) is 9.15 Å². The van der Waals surface area contributed by atoms with Crippen LogP contribution in [0.3, 0.4) is 0 Å². The van der Waals surface area contributed by atoms with Crippen molar-refractivity contribution >= 4 is 33.6 Å². The van der Waals surface area contributed by atoms with Crippen LogP contribution >= 0.6 is 22.6 Å². The lowest BCUT2D eigenvalue weighted by Crippen LogP contribution is -2.14. The number of aryl methyl sites for hydroxylation is 2. The van der Waals surface area contributed by atoms with E-state index >= 15 is 0 Å². The van der Waals surface area contributed by atoms with Crippen molar-refractivity contribution in [2.75, 3.05) is 14.1 Å². The van der Waals surface area contributed by atoms with E-state index < -0.39 is 0 Å². The van der Waals surface area contributed by atoms with Crippen LogP contribution < -0.4 is 10.2 Å². The topological polar surface area (TPSA) is 62.9 Å². The molecule has 2 aromatic carbocycles. The van der Waals surface area contributed by atoms with Crippen molar-refractivity contribution in [3.8, 4) is 17.2 Å². The zero-order valence-electron chi connectivity index (χ0n) is 15.8. The van der Waals surface area contributed by atoms with Gasteiger partial charge in [-0.3, -0.25) is 4.79 Å². The monoisotopic (exact) mass is 479 g/mol. The summed E-state index contributed by atoms with van der Waals surface area (Å²) >= 11 is 2.21. The van der Waals surface area contributed by atoms with Crippen LogP contribution in [0.25, 0.3) is 11.0 Å². The van der Waals surface area contributed by atoms with Crippen LogP contribution in [0, 0.1) is 10.5 Å². The molecule has 0 aliphatic rings. The van der Waals surface area contributed by atoms with Crippen LogP contribution in [0.2, 0.25) is 0 Å². The third-order valence-corrected chi connectivity index (χ3v) is 5.06. The number of fused-ring (bicyclic) bond motifs is 1. The predicted molar refractivity (Wildman–Crippen MR) is 115 cm³/mol. The molecule has 0 amide bonds. The molecular formula is C21H22INO4. The summed E-state index contributed by atoms with van der Waals surface area (Å²) in [5.74, 6) is 1.32. The minimum atomic E-state index is -0.234. The standard InChI is InChI=1S/C21H22INO4/c1-5-13-10-16-19(25)20(27-15-8-6-14(22)7-9-15)12(2)26-21(16)17(18(13)24)11-23(3)4/h6-10,24H,5,11H2,1-4H3. The molecule has 0 aliphatic heterocycles. The van der Waals surface area contributed by atoms with E-state index in [1.165, 1.54) is 0 Å². The number of rotatable bonds is 5. The smallest absolute Gasteiger partial charge is 0.235 e. The van der Waals surface area contributed by atoms with Gasteiger partial charge in [-0.05, 0) is 85.9 Å². The maximum Gasteiger partial charge on any atom is 0.235 e. The lowest BCUT2D eigenvalue weighted by atomic mass is 10.0. The van der Waals surface area contributed by atoms with E-state index in [1.807, 2.05) is 50.2 Å². The Hall–Kier alpha value is -2.06. The highest BCUT2D eigenvalue weighted by molar-refractivity contribution is 14.1. The molecule has 5 nitrogen and oxygen atoms in total. The number of halogens is 1. The van der Waals surface area contributed by atoms with Crippen LogP contribution in [0.15, 0.2) is 39.5 Å². The van der Waals surface area contributed by atoms with Gasteiger partial charge in [0, 0.05) is 10.1 Å². The van der Waals surface area contributed by atoms with Gasteiger partial charge >= 0.3 is 0 Å². The normalized spacial score (nSPS) is 11.3. The first-order chi connectivity index (χ1) is 12.8. The van der Waals surface area contributed by atoms with Crippen molar-refractivity contribution in [2.45, 2.75) is 26.8 Å². The molecule has 0 atom stereocenters. The molecule has 142 valence electrons. The van der Waals surface area contributed by atoms with E-state index in [-0.39, 0.29) is 16.9 Å².